The molecular weight excluding hydrogens is 376 g/mol. The first-order chi connectivity index (χ1) is 13.8. The Hall–Kier alpha value is -3.55. The van der Waals surface area contributed by atoms with Crippen molar-refractivity contribution >= 4 is 23.3 Å². The number of Topliss-reactive ketones (excluding diaryl/α,β-unsaturated/α-hetero) is 1. The molecule has 0 spiro atoms. The standard InChI is InChI=1S/C21H22N2O6/c1-3-14-8-9-15(4-2)18(10-14)19(24)13-29-20(25)12-22-21(26)16-6-5-7-17(11-16)23(27)28/h5-11H,3-4,12-13H2,1-2H3,(H,22,26). The number of rotatable bonds is 9. The van der Waals surface area contributed by atoms with Crippen LogP contribution in [0.15, 0.2) is 42.5 Å². The zero-order valence-corrected chi connectivity index (χ0v) is 16.3. The van der Waals surface area contributed by atoms with Gasteiger partial charge in [-0.2, -0.15) is 0 Å². The van der Waals surface area contributed by atoms with Crippen LogP contribution in [0.25, 0.3) is 0 Å². The smallest absolute Gasteiger partial charge is 0.325 e. The van der Waals surface area contributed by atoms with Gasteiger partial charge in [-0.3, -0.25) is 24.5 Å². The molecule has 0 aliphatic heterocycles. The SMILES string of the molecule is CCc1ccc(CC)c(C(=O)COC(=O)CNC(=O)c2cccc([N+](=O)[O-])c2)c1. The molecule has 2 aromatic carbocycles. The number of nitrogens with zero attached hydrogens (tertiary/aromatic N) is 1. The third kappa shape index (κ3) is 5.97. The lowest BCUT2D eigenvalue weighted by atomic mass is 9.98. The molecule has 1 N–H and O–H groups in total. The highest BCUT2D eigenvalue weighted by atomic mass is 16.6. The van der Waals surface area contributed by atoms with Gasteiger partial charge in [0.15, 0.2) is 6.61 Å². The number of ether oxygens (including phenoxy) is 1. The summed E-state index contributed by atoms with van der Waals surface area (Å²) >= 11 is 0. The van der Waals surface area contributed by atoms with Gasteiger partial charge in [-0.1, -0.05) is 32.0 Å². The van der Waals surface area contributed by atoms with Crippen LogP contribution in [0, 0.1) is 10.1 Å². The number of hydrogen-bond acceptors (Lipinski definition) is 6. The molecule has 29 heavy (non-hydrogen) atoms. The highest BCUT2D eigenvalue weighted by Crippen LogP contribution is 2.15. The molecule has 0 aliphatic rings. The van der Waals surface area contributed by atoms with Crippen LogP contribution in [0.1, 0.15) is 45.7 Å². The lowest BCUT2D eigenvalue weighted by molar-refractivity contribution is -0.384. The number of hydrogen-bond donors (Lipinski definition) is 1. The molecular formula is C21H22N2O6. The lowest BCUT2D eigenvalue weighted by Crippen LogP contribution is -2.31. The average molecular weight is 398 g/mol. The van der Waals surface area contributed by atoms with Gasteiger partial charge in [0.1, 0.15) is 6.54 Å². The summed E-state index contributed by atoms with van der Waals surface area (Å²) in [5, 5.41) is 13.1. The molecule has 0 bridgehead atoms. The first kappa shape index (κ1) is 21.7. The number of ketones is 1. The fourth-order valence-corrected chi connectivity index (χ4v) is 2.70. The van der Waals surface area contributed by atoms with Crippen molar-refractivity contribution in [3.63, 3.8) is 0 Å². The largest absolute Gasteiger partial charge is 0.456 e. The maximum atomic E-state index is 12.4. The number of non-ortho nitro benzene ring substituents is 1. The Morgan fingerprint density at radius 3 is 2.48 bits per heavy atom. The van der Waals surface area contributed by atoms with Crippen molar-refractivity contribution in [1.29, 1.82) is 0 Å². The summed E-state index contributed by atoms with van der Waals surface area (Å²) < 4.78 is 4.97. The van der Waals surface area contributed by atoms with Crippen LogP contribution in [-0.2, 0) is 22.4 Å². The Morgan fingerprint density at radius 1 is 1.07 bits per heavy atom. The molecule has 8 nitrogen and oxygen atoms in total. The Morgan fingerprint density at radius 2 is 1.83 bits per heavy atom. The second kappa shape index (κ2) is 10.1. The summed E-state index contributed by atoms with van der Waals surface area (Å²) in [5.74, 6) is -1.74. The van der Waals surface area contributed by atoms with Crippen molar-refractivity contribution in [2.45, 2.75) is 26.7 Å². The number of nitro groups is 1. The van der Waals surface area contributed by atoms with E-state index in [1.165, 1.54) is 18.2 Å². The van der Waals surface area contributed by atoms with Gasteiger partial charge in [0, 0.05) is 23.3 Å². The predicted molar refractivity (Wildman–Crippen MR) is 106 cm³/mol. The first-order valence-corrected chi connectivity index (χ1v) is 9.19. The van der Waals surface area contributed by atoms with Crippen LogP contribution >= 0.6 is 0 Å². The minimum absolute atomic E-state index is 0.0482. The molecule has 0 aliphatic carbocycles. The number of benzene rings is 2. The van der Waals surface area contributed by atoms with E-state index in [1.807, 2.05) is 26.0 Å². The molecule has 0 heterocycles. The third-order valence-electron chi connectivity index (χ3n) is 4.34. The molecule has 0 aromatic heterocycles. The topological polar surface area (TPSA) is 116 Å². The van der Waals surface area contributed by atoms with Crippen LogP contribution in [0.3, 0.4) is 0 Å². The van der Waals surface area contributed by atoms with Gasteiger partial charge in [0.2, 0.25) is 5.78 Å². The molecule has 1 amide bonds. The van der Waals surface area contributed by atoms with Gasteiger partial charge in [0.25, 0.3) is 11.6 Å². The Bertz CT molecular complexity index is 939. The van der Waals surface area contributed by atoms with Gasteiger partial charge < -0.3 is 10.1 Å². The summed E-state index contributed by atoms with van der Waals surface area (Å²) in [6, 6.07) is 10.8. The maximum absolute atomic E-state index is 12.4. The van der Waals surface area contributed by atoms with Crippen molar-refractivity contribution in [2.75, 3.05) is 13.2 Å². The molecule has 0 saturated heterocycles. The van der Waals surface area contributed by atoms with Crippen molar-refractivity contribution in [2.24, 2.45) is 0 Å². The molecule has 0 unspecified atom stereocenters. The Kier molecular flexibility index (Phi) is 7.59. The fraction of sp³-hybridized carbons (Fsp3) is 0.286. The number of esters is 1. The maximum Gasteiger partial charge on any atom is 0.325 e. The average Bonchev–Trinajstić information content (AvgIpc) is 2.75. The second-order valence-electron chi connectivity index (χ2n) is 6.27. The van der Waals surface area contributed by atoms with E-state index in [1.54, 1.807) is 6.07 Å². The normalized spacial score (nSPS) is 10.3. The molecule has 152 valence electrons. The van der Waals surface area contributed by atoms with Gasteiger partial charge in [-0.25, -0.2) is 0 Å². The Balaban J connectivity index is 1.90. The van der Waals surface area contributed by atoms with Gasteiger partial charge >= 0.3 is 5.97 Å². The zero-order valence-electron chi connectivity index (χ0n) is 16.3. The minimum Gasteiger partial charge on any atom is -0.456 e. The highest BCUT2D eigenvalue weighted by molar-refractivity contribution is 6.00. The zero-order chi connectivity index (χ0) is 21.4. The lowest BCUT2D eigenvalue weighted by Gasteiger charge is -2.10. The van der Waals surface area contributed by atoms with E-state index < -0.39 is 30.0 Å². The van der Waals surface area contributed by atoms with E-state index in [4.69, 9.17) is 4.74 Å². The van der Waals surface area contributed by atoms with E-state index in [0.29, 0.717) is 12.0 Å². The molecule has 0 fully saturated rings. The molecule has 0 saturated carbocycles. The summed E-state index contributed by atoms with van der Waals surface area (Å²) in [6.45, 7) is 3.04. The number of carbonyl (C=O) groups is 3. The van der Waals surface area contributed by atoms with Crippen molar-refractivity contribution in [1.82, 2.24) is 5.32 Å². The first-order valence-electron chi connectivity index (χ1n) is 9.19. The monoisotopic (exact) mass is 398 g/mol. The second-order valence-corrected chi connectivity index (χ2v) is 6.27. The van der Waals surface area contributed by atoms with Crippen molar-refractivity contribution < 1.29 is 24.0 Å². The minimum atomic E-state index is -0.776. The van der Waals surface area contributed by atoms with Crippen LogP contribution in [0.2, 0.25) is 0 Å². The van der Waals surface area contributed by atoms with Crippen LogP contribution in [-0.4, -0.2) is 35.7 Å². The van der Waals surface area contributed by atoms with E-state index in [9.17, 15) is 24.5 Å². The highest BCUT2D eigenvalue weighted by Gasteiger charge is 2.16. The summed E-state index contributed by atoms with van der Waals surface area (Å²) in [6.07, 6.45) is 1.46. The quantitative estimate of drug-likeness (QED) is 0.300. The van der Waals surface area contributed by atoms with Gasteiger partial charge in [-0.15, -0.1) is 0 Å². The Labute approximate surface area is 168 Å². The van der Waals surface area contributed by atoms with E-state index in [0.717, 1.165) is 23.6 Å². The number of amides is 1. The van der Waals surface area contributed by atoms with E-state index in [2.05, 4.69) is 5.32 Å². The number of aryl methyl sites for hydroxylation is 2. The van der Waals surface area contributed by atoms with Crippen LogP contribution < -0.4 is 5.32 Å². The number of nitro benzene ring substituents is 1. The molecule has 2 rings (SSSR count). The summed E-state index contributed by atoms with van der Waals surface area (Å²) in [5.41, 5.74) is 2.24. The van der Waals surface area contributed by atoms with E-state index >= 15 is 0 Å². The number of carbonyl (C=O) groups excluding carboxylic acids is 3. The number of nitrogens with one attached hydrogen (secondary N) is 1. The molecule has 0 radical (unpaired) electrons. The van der Waals surface area contributed by atoms with Gasteiger partial charge in [-0.05, 0) is 36.1 Å². The van der Waals surface area contributed by atoms with Crippen LogP contribution in [0.4, 0.5) is 5.69 Å². The molecule has 0 atom stereocenters. The summed E-state index contributed by atoms with van der Waals surface area (Å²) in [4.78, 5) is 46.5. The van der Waals surface area contributed by atoms with Crippen molar-refractivity contribution in [3.05, 3.63) is 74.8 Å². The summed E-state index contributed by atoms with van der Waals surface area (Å²) in [7, 11) is 0. The molecule has 8 heteroatoms. The predicted octanol–water partition coefficient (Wildman–Crippen LogP) is 2.88. The fourth-order valence-electron chi connectivity index (χ4n) is 2.70. The molecule has 2 aromatic rings. The van der Waals surface area contributed by atoms with Crippen molar-refractivity contribution in [3.8, 4) is 0 Å². The third-order valence-corrected chi connectivity index (χ3v) is 4.34. The van der Waals surface area contributed by atoms with Gasteiger partial charge in [0.05, 0.1) is 4.92 Å². The van der Waals surface area contributed by atoms with Crippen LogP contribution in [0.5, 0.6) is 0 Å². The van der Waals surface area contributed by atoms with E-state index in [-0.39, 0.29) is 17.0 Å².